The summed E-state index contributed by atoms with van der Waals surface area (Å²) in [5, 5.41) is 0. The van der Waals surface area contributed by atoms with E-state index in [1.165, 1.54) is 7.11 Å². The van der Waals surface area contributed by atoms with Gasteiger partial charge in [-0.15, -0.1) is 0 Å². The fourth-order valence-corrected chi connectivity index (χ4v) is 1.50. The highest BCUT2D eigenvalue weighted by molar-refractivity contribution is 5.73. The normalized spacial score (nSPS) is 31.5. The van der Waals surface area contributed by atoms with Crippen LogP contribution in [0.3, 0.4) is 0 Å². The van der Waals surface area contributed by atoms with Crippen molar-refractivity contribution in [1.29, 1.82) is 0 Å². The lowest BCUT2D eigenvalue weighted by atomic mass is 9.88. The van der Waals surface area contributed by atoms with E-state index < -0.39 is 18.1 Å². The summed E-state index contributed by atoms with van der Waals surface area (Å²) in [5.41, 5.74) is 0. The molecule has 1 saturated carbocycles. The molecule has 0 aromatic rings. The number of hydrogen-bond acceptors (Lipinski definition) is 2. The van der Waals surface area contributed by atoms with Crippen molar-refractivity contribution in [2.24, 2.45) is 5.92 Å². The molecule has 1 rings (SSSR count). The van der Waals surface area contributed by atoms with Crippen LogP contribution in [0.5, 0.6) is 0 Å². The number of hydrogen-bond donors (Lipinski definition) is 0. The first-order chi connectivity index (χ1) is 5.25. The molecule has 0 radical (unpaired) electrons. The number of rotatable bonds is 1. The van der Waals surface area contributed by atoms with E-state index in [-0.39, 0.29) is 0 Å². The molecule has 0 saturated heterocycles. The third-order valence-electron chi connectivity index (χ3n) is 2.19. The Morgan fingerprint density at radius 2 is 2.09 bits per heavy atom. The number of halogens is 1. The predicted molar refractivity (Wildman–Crippen MR) is 38.9 cm³/mol. The summed E-state index contributed by atoms with van der Waals surface area (Å²) in [6.07, 6.45) is 2.03. The molecule has 3 heteroatoms. The molecule has 64 valence electrons. The Hall–Kier alpha value is -0.600. The Balaban J connectivity index is 2.47. The van der Waals surface area contributed by atoms with Crippen molar-refractivity contribution in [3.63, 3.8) is 0 Å². The minimum Gasteiger partial charge on any atom is -0.469 e. The molecule has 0 bridgehead atoms. The number of carbonyl (C=O) groups excluding carboxylic acids is 1. The summed E-state index contributed by atoms with van der Waals surface area (Å²) in [7, 11) is 1.31. The Morgan fingerprint density at radius 1 is 1.45 bits per heavy atom. The topological polar surface area (TPSA) is 26.3 Å². The number of methoxy groups -OCH3 is 1. The molecular weight excluding hydrogens is 147 g/mol. The van der Waals surface area contributed by atoms with Crippen molar-refractivity contribution in [3.05, 3.63) is 0 Å². The number of carbonyl (C=O) groups is 1. The van der Waals surface area contributed by atoms with Crippen LogP contribution in [0.2, 0.25) is 0 Å². The maximum Gasteiger partial charge on any atom is 0.311 e. The van der Waals surface area contributed by atoms with Crippen LogP contribution in [0, 0.1) is 5.92 Å². The van der Waals surface area contributed by atoms with Gasteiger partial charge in [-0.2, -0.15) is 0 Å². The molecule has 0 aromatic heterocycles. The lowest BCUT2D eigenvalue weighted by molar-refractivity contribution is -0.149. The van der Waals surface area contributed by atoms with E-state index in [2.05, 4.69) is 4.74 Å². The van der Waals surface area contributed by atoms with Gasteiger partial charge < -0.3 is 4.74 Å². The van der Waals surface area contributed by atoms with E-state index in [1.807, 2.05) is 0 Å². The van der Waals surface area contributed by atoms with E-state index in [4.69, 9.17) is 0 Å². The quantitative estimate of drug-likeness (QED) is 0.545. The van der Waals surface area contributed by atoms with Crippen molar-refractivity contribution >= 4 is 5.97 Å². The monoisotopic (exact) mass is 160 g/mol. The van der Waals surface area contributed by atoms with Gasteiger partial charge in [0.05, 0.1) is 13.0 Å². The molecule has 0 aliphatic heterocycles. The zero-order valence-electron chi connectivity index (χ0n) is 6.68. The lowest BCUT2D eigenvalue weighted by Crippen LogP contribution is -2.29. The Morgan fingerprint density at radius 3 is 2.64 bits per heavy atom. The second kappa shape index (κ2) is 3.69. The van der Waals surface area contributed by atoms with Gasteiger partial charge in [0.2, 0.25) is 0 Å². The largest absolute Gasteiger partial charge is 0.469 e. The van der Waals surface area contributed by atoms with Crippen molar-refractivity contribution in [3.8, 4) is 0 Å². The number of esters is 1. The molecule has 2 atom stereocenters. The van der Waals surface area contributed by atoms with Gasteiger partial charge in [-0.25, -0.2) is 4.39 Å². The summed E-state index contributed by atoms with van der Waals surface area (Å²) in [4.78, 5) is 10.9. The van der Waals surface area contributed by atoms with Crippen LogP contribution in [0.15, 0.2) is 0 Å². The van der Waals surface area contributed by atoms with Crippen molar-refractivity contribution in [2.45, 2.75) is 31.9 Å². The van der Waals surface area contributed by atoms with E-state index in [0.717, 1.165) is 12.8 Å². The van der Waals surface area contributed by atoms with E-state index in [0.29, 0.717) is 12.8 Å². The average molecular weight is 160 g/mol. The maximum atomic E-state index is 13.0. The molecule has 0 unspecified atom stereocenters. The van der Waals surface area contributed by atoms with Gasteiger partial charge in [0.1, 0.15) is 6.17 Å². The van der Waals surface area contributed by atoms with Gasteiger partial charge >= 0.3 is 5.97 Å². The smallest absolute Gasteiger partial charge is 0.311 e. The Labute approximate surface area is 65.7 Å². The molecule has 11 heavy (non-hydrogen) atoms. The standard InChI is InChI=1S/C8H13FO2/c1-11-8(10)6-4-2-3-5-7(6)9/h6-7H,2-5H2,1H3/t6-,7-/m1/s1. The zero-order chi connectivity index (χ0) is 8.27. The highest BCUT2D eigenvalue weighted by Gasteiger charge is 2.31. The fraction of sp³-hybridized carbons (Fsp3) is 0.875. The molecule has 1 aliphatic rings. The summed E-state index contributed by atoms with van der Waals surface area (Å²) in [5.74, 6) is -0.883. The highest BCUT2D eigenvalue weighted by Crippen LogP contribution is 2.27. The lowest BCUT2D eigenvalue weighted by Gasteiger charge is -2.22. The van der Waals surface area contributed by atoms with Gasteiger partial charge in [-0.1, -0.05) is 12.8 Å². The highest BCUT2D eigenvalue weighted by atomic mass is 19.1. The third kappa shape index (κ3) is 1.91. The summed E-state index contributed by atoms with van der Waals surface area (Å²) in [6, 6.07) is 0. The van der Waals surface area contributed by atoms with Gasteiger partial charge in [-0.3, -0.25) is 4.79 Å². The first-order valence-electron chi connectivity index (χ1n) is 3.97. The molecule has 1 aliphatic carbocycles. The van der Waals surface area contributed by atoms with Crippen LogP contribution < -0.4 is 0 Å². The van der Waals surface area contributed by atoms with Crippen LogP contribution in [-0.2, 0) is 9.53 Å². The van der Waals surface area contributed by atoms with E-state index in [9.17, 15) is 9.18 Å². The van der Waals surface area contributed by atoms with E-state index in [1.54, 1.807) is 0 Å². The zero-order valence-corrected chi connectivity index (χ0v) is 6.68. The summed E-state index contributed by atoms with van der Waals surface area (Å²) >= 11 is 0. The molecule has 0 heterocycles. The van der Waals surface area contributed by atoms with Gasteiger partial charge in [-0.05, 0) is 12.8 Å². The van der Waals surface area contributed by atoms with Gasteiger partial charge in [0.15, 0.2) is 0 Å². The van der Waals surface area contributed by atoms with Gasteiger partial charge in [0.25, 0.3) is 0 Å². The second-order valence-electron chi connectivity index (χ2n) is 2.93. The van der Waals surface area contributed by atoms with Crippen LogP contribution in [-0.4, -0.2) is 19.3 Å². The molecule has 0 aromatic carbocycles. The molecule has 0 amide bonds. The molecule has 2 nitrogen and oxygen atoms in total. The van der Waals surface area contributed by atoms with Crippen LogP contribution in [0.1, 0.15) is 25.7 Å². The molecule has 0 N–H and O–H groups in total. The molecule has 0 spiro atoms. The van der Waals surface area contributed by atoms with E-state index >= 15 is 0 Å². The minimum absolute atomic E-state index is 0.391. The van der Waals surface area contributed by atoms with Gasteiger partial charge in [0, 0.05) is 0 Å². The molecule has 1 fully saturated rings. The van der Waals surface area contributed by atoms with Crippen molar-refractivity contribution in [2.75, 3.05) is 7.11 Å². The first kappa shape index (κ1) is 8.50. The van der Waals surface area contributed by atoms with Crippen LogP contribution >= 0.6 is 0 Å². The van der Waals surface area contributed by atoms with Crippen LogP contribution in [0.25, 0.3) is 0 Å². The maximum absolute atomic E-state index is 13.0. The second-order valence-corrected chi connectivity index (χ2v) is 2.93. The SMILES string of the molecule is COC(=O)[C@@H]1CCCC[C@H]1F. The third-order valence-corrected chi connectivity index (χ3v) is 2.19. The minimum atomic E-state index is -0.976. The Kier molecular flexibility index (Phi) is 2.85. The van der Waals surface area contributed by atoms with Crippen molar-refractivity contribution < 1.29 is 13.9 Å². The fourth-order valence-electron chi connectivity index (χ4n) is 1.50. The van der Waals surface area contributed by atoms with Crippen LogP contribution in [0.4, 0.5) is 4.39 Å². The summed E-state index contributed by atoms with van der Waals surface area (Å²) in [6.45, 7) is 0. The molecular formula is C8H13FO2. The average Bonchev–Trinajstić information content (AvgIpc) is 2.04. The Bertz CT molecular complexity index is 147. The van der Waals surface area contributed by atoms with Crippen molar-refractivity contribution in [1.82, 2.24) is 0 Å². The predicted octanol–water partition coefficient (Wildman–Crippen LogP) is 1.69. The summed E-state index contributed by atoms with van der Waals surface area (Å²) < 4.78 is 17.5. The number of ether oxygens (including phenoxy) is 1. The number of alkyl halides is 1. The first-order valence-corrected chi connectivity index (χ1v) is 3.97.